The van der Waals surface area contributed by atoms with E-state index in [-0.39, 0.29) is 0 Å². The molecule has 1 aromatic heterocycles. The monoisotopic (exact) mass is 409 g/mol. The average Bonchev–Trinajstić information content (AvgIpc) is 3.00. The molecule has 31 heavy (non-hydrogen) atoms. The smallest absolute Gasteiger partial charge is 0.145 e. The third kappa shape index (κ3) is 3.81. The van der Waals surface area contributed by atoms with Crippen molar-refractivity contribution in [2.24, 2.45) is 0 Å². The normalized spacial score (nSPS) is 13.2. The third-order valence-electron chi connectivity index (χ3n) is 5.79. The summed E-state index contributed by atoms with van der Waals surface area (Å²) in [6.07, 6.45) is 3.34. The van der Waals surface area contributed by atoms with Crippen molar-refractivity contribution in [3.63, 3.8) is 0 Å². The van der Waals surface area contributed by atoms with Crippen molar-refractivity contribution < 1.29 is 4.74 Å². The minimum absolute atomic E-state index is 0.627. The van der Waals surface area contributed by atoms with Crippen molar-refractivity contribution in [1.29, 1.82) is 0 Å². The number of para-hydroxylation sites is 2. The second-order valence-corrected chi connectivity index (χ2v) is 7.82. The van der Waals surface area contributed by atoms with Gasteiger partial charge in [-0.1, -0.05) is 66.7 Å². The summed E-state index contributed by atoms with van der Waals surface area (Å²) in [7, 11) is 0. The molecule has 1 aliphatic heterocycles. The number of aromatic nitrogens is 2. The van der Waals surface area contributed by atoms with Crippen LogP contribution in [0, 0.1) is 0 Å². The molecule has 0 aliphatic carbocycles. The number of fused-ring (bicyclic) bond motifs is 1. The molecule has 156 valence electrons. The summed E-state index contributed by atoms with van der Waals surface area (Å²) in [5.74, 6) is 1.94. The van der Waals surface area contributed by atoms with Gasteiger partial charge in [-0.3, -0.25) is 0 Å². The predicted molar refractivity (Wildman–Crippen MR) is 127 cm³/mol. The van der Waals surface area contributed by atoms with E-state index in [1.165, 1.54) is 16.7 Å². The molecule has 4 aromatic rings. The molecule has 0 spiro atoms. The fraction of sp³-hybridized carbons (Fsp3) is 0.222. The first-order valence-electron chi connectivity index (χ1n) is 11.1. The Balaban J connectivity index is 1.60. The zero-order chi connectivity index (χ0) is 21.0. The van der Waals surface area contributed by atoms with Gasteiger partial charge < -0.3 is 10.1 Å². The van der Waals surface area contributed by atoms with E-state index in [1.807, 2.05) is 35.9 Å². The highest BCUT2D eigenvalue weighted by atomic mass is 16.5. The van der Waals surface area contributed by atoms with Crippen molar-refractivity contribution in [1.82, 2.24) is 9.78 Å². The number of anilines is 1. The zero-order valence-electron chi connectivity index (χ0n) is 17.8. The van der Waals surface area contributed by atoms with Crippen LogP contribution < -0.4 is 10.1 Å². The lowest BCUT2D eigenvalue weighted by atomic mass is 10.00. The Morgan fingerprint density at radius 2 is 1.55 bits per heavy atom. The molecular formula is C27H27N3O. The molecule has 1 aliphatic rings. The average molecular weight is 410 g/mol. The van der Waals surface area contributed by atoms with Crippen LogP contribution in [0.3, 0.4) is 0 Å². The summed E-state index contributed by atoms with van der Waals surface area (Å²) in [4.78, 5) is 0. The molecule has 0 unspecified atom stereocenters. The van der Waals surface area contributed by atoms with Gasteiger partial charge in [-0.15, -0.1) is 0 Å². The number of rotatable bonds is 5. The first kappa shape index (κ1) is 19.4. The van der Waals surface area contributed by atoms with Gasteiger partial charge in [0.15, 0.2) is 0 Å². The van der Waals surface area contributed by atoms with Crippen LogP contribution in [0.5, 0.6) is 5.75 Å². The number of hydrogen-bond acceptors (Lipinski definition) is 3. The maximum Gasteiger partial charge on any atom is 0.145 e. The van der Waals surface area contributed by atoms with Gasteiger partial charge in [0.1, 0.15) is 17.3 Å². The molecule has 0 saturated heterocycles. The van der Waals surface area contributed by atoms with Crippen LogP contribution in [0.15, 0.2) is 78.9 Å². The van der Waals surface area contributed by atoms with Gasteiger partial charge in [0, 0.05) is 17.7 Å². The van der Waals surface area contributed by atoms with Gasteiger partial charge in [-0.05, 0) is 49.4 Å². The number of benzene rings is 3. The lowest BCUT2D eigenvalue weighted by molar-refractivity contribution is 0.338. The standard InChI is InChI=1S/C27H27N3O/c1-2-31-25-14-7-6-13-24(25)30-27-23(12-8-9-19-28-27)26(29-30)22-17-15-21(16-18-22)20-10-4-3-5-11-20/h3-7,10-11,13-18,28H,2,8-9,12,19H2,1H3. The van der Waals surface area contributed by atoms with Crippen molar-refractivity contribution in [3.8, 4) is 33.8 Å². The van der Waals surface area contributed by atoms with Crippen LogP contribution in [0.1, 0.15) is 25.3 Å². The Hall–Kier alpha value is -3.53. The maximum atomic E-state index is 5.90. The quantitative estimate of drug-likeness (QED) is 0.417. The van der Waals surface area contributed by atoms with E-state index in [2.05, 4.69) is 59.9 Å². The molecule has 0 amide bonds. The Kier molecular flexibility index (Phi) is 5.44. The van der Waals surface area contributed by atoms with E-state index in [9.17, 15) is 0 Å². The second kappa shape index (κ2) is 8.68. The van der Waals surface area contributed by atoms with Gasteiger partial charge in [0.05, 0.1) is 12.3 Å². The van der Waals surface area contributed by atoms with Crippen LogP contribution in [-0.4, -0.2) is 22.9 Å². The molecule has 1 N–H and O–H groups in total. The van der Waals surface area contributed by atoms with E-state index in [1.54, 1.807) is 0 Å². The highest BCUT2D eigenvalue weighted by Gasteiger charge is 2.23. The van der Waals surface area contributed by atoms with Crippen LogP contribution in [0.25, 0.3) is 28.1 Å². The molecular weight excluding hydrogens is 382 g/mol. The van der Waals surface area contributed by atoms with Gasteiger partial charge in [0.25, 0.3) is 0 Å². The van der Waals surface area contributed by atoms with Crippen LogP contribution in [-0.2, 0) is 6.42 Å². The number of hydrogen-bond donors (Lipinski definition) is 1. The number of nitrogens with one attached hydrogen (secondary N) is 1. The summed E-state index contributed by atoms with van der Waals surface area (Å²) >= 11 is 0. The van der Waals surface area contributed by atoms with Crippen LogP contribution in [0.4, 0.5) is 5.82 Å². The van der Waals surface area contributed by atoms with E-state index in [0.29, 0.717) is 6.61 Å². The summed E-state index contributed by atoms with van der Waals surface area (Å²) < 4.78 is 7.94. The van der Waals surface area contributed by atoms with Crippen molar-refractivity contribution in [2.75, 3.05) is 18.5 Å². The van der Waals surface area contributed by atoms with Crippen molar-refractivity contribution >= 4 is 5.82 Å². The maximum absolute atomic E-state index is 5.90. The fourth-order valence-electron chi connectivity index (χ4n) is 4.27. The highest BCUT2D eigenvalue weighted by Crippen LogP contribution is 2.36. The highest BCUT2D eigenvalue weighted by molar-refractivity contribution is 5.74. The lowest BCUT2D eigenvalue weighted by Crippen LogP contribution is -2.08. The molecule has 4 nitrogen and oxygen atoms in total. The minimum Gasteiger partial charge on any atom is -0.492 e. The van der Waals surface area contributed by atoms with Gasteiger partial charge >= 0.3 is 0 Å². The van der Waals surface area contributed by atoms with E-state index in [4.69, 9.17) is 9.84 Å². The molecule has 0 saturated carbocycles. The first-order chi connectivity index (χ1) is 15.3. The molecule has 0 bridgehead atoms. The van der Waals surface area contributed by atoms with Crippen LogP contribution >= 0.6 is 0 Å². The van der Waals surface area contributed by atoms with E-state index >= 15 is 0 Å². The topological polar surface area (TPSA) is 39.1 Å². The number of nitrogens with zero attached hydrogens (tertiary/aromatic N) is 2. The van der Waals surface area contributed by atoms with Crippen molar-refractivity contribution in [2.45, 2.75) is 26.2 Å². The minimum atomic E-state index is 0.627. The van der Waals surface area contributed by atoms with Crippen molar-refractivity contribution in [3.05, 3.63) is 84.4 Å². The Morgan fingerprint density at radius 1 is 0.839 bits per heavy atom. The molecule has 5 rings (SSSR count). The Labute approximate surface area is 183 Å². The van der Waals surface area contributed by atoms with Crippen LogP contribution in [0.2, 0.25) is 0 Å². The second-order valence-electron chi connectivity index (χ2n) is 7.82. The van der Waals surface area contributed by atoms with Gasteiger partial charge in [-0.2, -0.15) is 5.10 Å². The Bertz CT molecular complexity index is 1160. The summed E-state index contributed by atoms with van der Waals surface area (Å²) in [6, 6.07) is 27.4. The molecule has 4 heteroatoms. The number of ether oxygens (including phenoxy) is 1. The SMILES string of the molecule is CCOc1ccccc1-n1nc(-c2ccc(-c3ccccc3)cc2)c2c1NCCCC2. The zero-order valence-corrected chi connectivity index (χ0v) is 17.8. The molecule has 0 radical (unpaired) electrons. The Morgan fingerprint density at radius 3 is 2.35 bits per heavy atom. The van der Waals surface area contributed by atoms with E-state index < -0.39 is 0 Å². The predicted octanol–water partition coefficient (Wildman–Crippen LogP) is 6.35. The lowest BCUT2D eigenvalue weighted by Gasteiger charge is -2.13. The summed E-state index contributed by atoms with van der Waals surface area (Å²) in [6.45, 7) is 3.60. The molecule has 0 fully saturated rings. The third-order valence-corrected chi connectivity index (χ3v) is 5.79. The first-order valence-corrected chi connectivity index (χ1v) is 11.1. The van der Waals surface area contributed by atoms with Gasteiger partial charge in [0.2, 0.25) is 0 Å². The fourth-order valence-corrected chi connectivity index (χ4v) is 4.27. The molecule has 0 atom stereocenters. The summed E-state index contributed by atoms with van der Waals surface area (Å²) in [5.41, 5.74) is 6.90. The molecule has 2 heterocycles. The summed E-state index contributed by atoms with van der Waals surface area (Å²) in [5, 5.41) is 8.73. The molecule has 3 aromatic carbocycles. The van der Waals surface area contributed by atoms with E-state index in [0.717, 1.165) is 54.3 Å². The largest absolute Gasteiger partial charge is 0.492 e. The van der Waals surface area contributed by atoms with Gasteiger partial charge in [-0.25, -0.2) is 4.68 Å².